The summed E-state index contributed by atoms with van der Waals surface area (Å²) in [6.07, 6.45) is 1.03. The van der Waals surface area contributed by atoms with E-state index in [4.69, 9.17) is 0 Å². The van der Waals surface area contributed by atoms with Crippen LogP contribution in [0.1, 0.15) is 45.8 Å². The lowest BCUT2D eigenvalue weighted by molar-refractivity contribution is -0.130. The largest absolute Gasteiger partial charge is 0.322 e. The van der Waals surface area contributed by atoms with Crippen LogP contribution < -0.4 is 5.32 Å². The monoisotopic (exact) mass is 260 g/mol. The highest BCUT2D eigenvalue weighted by molar-refractivity contribution is 5.84. The van der Waals surface area contributed by atoms with E-state index in [0.29, 0.717) is 0 Å². The average molecular weight is 260 g/mol. The summed E-state index contributed by atoms with van der Waals surface area (Å²) in [7, 11) is 0. The van der Waals surface area contributed by atoms with Gasteiger partial charge in [-0.05, 0) is 24.3 Å². The fourth-order valence-corrected chi connectivity index (χ4v) is 2.38. The van der Waals surface area contributed by atoms with E-state index in [9.17, 15) is 4.79 Å². The highest BCUT2D eigenvalue weighted by Crippen LogP contribution is 2.28. The minimum Gasteiger partial charge on any atom is -0.322 e. The summed E-state index contributed by atoms with van der Waals surface area (Å²) in [5, 5.41) is 3.38. The Morgan fingerprint density at radius 2 is 1.84 bits per heavy atom. The van der Waals surface area contributed by atoms with Gasteiger partial charge in [0.25, 0.3) is 0 Å². The van der Waals surface area contributed by atoms with Gasteiger partial charge in [0, 0.05) is 6.54 Å². The molecule has 0 radical (unpaired) electrons. The molecule has 3 heteroatoms. The van der Waals surface area contributed by atoms with Crippen LogP contribution in [-0.2, 0) is 4.79 Å². The van der Waals surface area contributed by atoms with Crippen molar-refractivity contribution >= 4 is 5.91 Å². The Bertz CT molecular complexity index is 436. The first-order valence-electron chi connectivity index (χ1n) is 7.00. The highest BCUT2D eigenvalue weighted by atomic mass is 16.2. The number of hydrogen-bond acceptors (Lipinski definition) is 2. The fraction of sp³-hybridized carbons (Fsp3) is 0.562. The van der Waals surface area contributed by atoms with E-state index in [-0.39, 0.29) is 23.5 Å². The average Bonchev–Trinajstić information content (AvgIpc) is 2.64. The molecule has 1 aliphatic rings. The van der Waals surface area contributed by atoms with Gasteiger partial charge < -0.3 is 4.90 Å². The van der Waals surface area contributed by atoms with Crippen molar-refractivity contribution in [2.24, 2.45) is 5.41 Å². The number of nitrogens with one attached hydrogen (secondary N) is 1. The normalized spacial score (nSPS) is 24.0. The van der Waals surface area contributed by atoms with Crippen LogP contribution in [0.5, 0.6) is 0 Å². The van der Waals surface area contributed by atoms with Crippen LogP contribution >= 0.6 is 0 Å². The van der Waals surface area contributed by atoms with Gasteiger partial charge in [-0.3, -0.25) is 10.1 Å². The number of benzene rings is 1. The Hall–Kier alpha value is -1.35. The topological polar surface area (TPSA) is 32.3 Å². The Morgan fingerprint density at radius 3 is 2.42 bits per heavy atom. The first-order valence-corrected chi connectivity index (χ1v) is 7.00. The van der Waals surface area contributed by atoms with Gasteiger partial charge in [0.1, 0.15) is 6.17 Å². The molecule has 2 rings (SSSR count). The lowest BCUT2D eigenvalue weighted by Crippen LogP contribution is -2.33. The van der Waals surface area contributed by atoms with Crippen molar-refractivity contribution in [3.8, 4) is 0 Å². The molecule has 1 N–H and O–H groups in total. The zero-order valence-electron chi connectivity index (χ0n) is 12.3. The molecule has 1 aromatic rings. The predicted molar refractivity (Wildman–Crippen MR) is 77.6 cm³/mol. The van der Waals surface area contributed by atoms with E-state index in [0.717, 1.165) is 18.5 Å². The molecule has 1 fully saturated rings. The first-order chi connectivity index (χ1) is 8.88. The quantitative estimate of drug-likeness (QED) is 0.906. The predicted octanol–water partition coefficient (Wildman–Crippen LogP) is 2.94. The minimum atomic E-state index is -0.0924. The number of nitrogens with zero attached hydrogens (tertiary/aromatic N) is 1. The summed E-state index contributed by atoms with van der Waals surface area (Å²) in [6.45, 7) is 9.38. The Morgan fingerprint density at radius 1 is 1.21 bits per heavy atom. The van der Waals surface area contributed by atoms with Crippen molar-refractivity contribution < 1.29 is 4.79 Å². The highest BCUT2D eigenvalue weighted by Gasteiger charge is 2.37. The lowest BCUT2D eigenvalue weighted by Gasteiger charge is -2.28. The smallest absolute Gasteiger partial charge is 0.241 e. The number of carbonyl (C=O) groups is 1. The second kappa shape index (κ2) is 5.33. The molecule has 0 bridgehead atoms. The minimum absolute atomic E-state index is 0.0195. The summed E-state index contributed by atoms with van der Waals surface area (Å²) in [5.74, 6) is 0.207. The molecule has 3 nitrogen and oxygen atoms in total. The van der Waals surface area contributed by atoms with Crippen LogP contribution in [0, 0.1) is 5.41 Å². The third-order valence-corrected chi connectivity index (χ3v) is 3.59. The van der Waals surface area contributed by atoms with E-state index in [1.807, 2.05) is 30.0 Å². The van der Waals surface area contributed by atoms with E-state index in [1.165, 1.54) is 0 Å². The summed E-state index contributed by atoms with van der Waals surface area (Å²) in [5.41, 5.74) is 1.40. The molecule has 104 valence electrons. The number of hydrogen-bond donors (Lipinski definition) is 1. The third-order valence-electron chi connectivity index (χ3n) is 3.59. The number of rotatable bonds is 3. The van der Waals surface area contributed by atoms with Gasteiger partial charge in [-0.25, -0.2) is 0 Å². The molecule has 1 aromatic carbocycles. The molecular formula is C16H24N2O. The van der Waals surface area contributed by atoms with Crippen molar-refractivity contribution in [3.05, 3.63) is 35.9 Å². The molecule has 0 saturated carbocycles. The molecule has 19 heavy (non-hydrogen) atoms. The molecule has 2 atom stereocenters. The molecule has 0 spiro atoms. The second-order valence-corrected chi connectivity index (χ2v) is 6.54. The van der Waals surface area contributed by atoms with Gasteiger partial charge >= 0.3 is 0 Å². The zero-order valence-corrected chi connectivity index (χ0v) is 12.3. The SMILES string of the molecule is CC1NC(c2ccccc2)N(CCC(C)(C)C)C1=O. The molecule has 1 aliphatic heterocycles. The van der Waals surface area contributed by atoms with Crippen LogP contribution in [0.4, 0.5) is 0 Å². The summed E-state index contributed by atoms with van der Waals surface area (Å²) in [4.78, 5) is 14.2. The molecule has 1 saturated heterocycles. The lowest BCUT2D eigenvalue weighted by atomic mass is 9.92. The van der Waals surface area contributed by atoms with E-state index < -0.39 is 0 Å². The molecule has 0 aliphatic carbocycles. The Balaban J connectivity index is 2.15. The third kappa shape index (κ3) is 3.35. The van der Waals surface area contributed by atoms with Crippen molar-refractivity contribution in [1.29, 1.82) is 0 Å². The molecule has 1 heterocycles. The summed E-state index contributed by atoms with van der Waals surface area (Å²) >= 11 is 0. The Labute approximate surface area is 116 Å². The molecule has 1 amide bonds. The fourth-order valence-electron chi connectivity index (χ4n) is 2.38. The summed E-state index contributed by atoms with van der Waals surface area (Å²) < 4.78 is 0. The van der Waals surface area contributed by atoms with Crippen molar-refractivity contribution in [3.63, 3.8) is 0 Å². The number of amides is 1. The maximum Gasteiger partial charge on any atom is 0.241 e. The van der Waals surface area contributed by atoms with Gasteiger partial charge in [0.15, 0.2) is 0 Å². The molecular weight excluding hydrogens is 236 g/mol. The van der Waals surface area contributed by atoms with Gasteiger partial charge in [-0.2, -0.15) is 0 Å². The van der Waals surface area contributed by atoms with Gasteiger partial charge in [0.05, 0.1) is 6.04 Å². The van der Waals surface area contributed by atoms with Crippen LogP contribution in [0.15, 0.2) is 30.3 Å². The van der Waals surface area contributed by atoms with Gasteiger partial charge in [-0.1, -0.05) is 51.1 Å². The maximum atomic E-state index is 12.3. The standard InChI is InChI=1S/C16H24N2O/c1-12-15(19)18(11-10-16(2,3)4)14(17-12)13-8-6-5-7-9-13/h5-9,12,14,17H,10-11H2,1-4H3. The van der Waals surface area contributed by atoms with Crippen molar-refractivity contribution in [1.82, 2.24) is 10.2 Å². The Kier molecular flexibility index (Phi) is 3.95. The van der Waals surface area contributed by atoms with E-state index in [1.54, 1.807) is 0 Å². The maximum absolute atomic E-state index is 12.3. The van der Waals surface area contributed by atoms with Gasteiger partial charge in [-0.15, -0.1) is 0 Å². The van der Waals surface area contributed by atoms with Crippen LogP contribution in [0.3, 0.4) is 0 Å². The molecule has 0 aromatic heterocycles. The number of carbonyl (C=O) groups excluding carboxylic acids is 1. The molecule has 2 unspecified atom stereocenters. The van der Waals surface area contributed by atoms with Crippen LogP contribution in [-0.4, -0.2) is 23.4 Å². The van der Waals surface area contributed by atoms with E-state index in [2.05, 4.69) is 38.2 Å². The van der Waals surface area contributed by atoms with Crippen LogP contribution in [0.2, 0.25) is 0 Å². The first kappa shape index (κ1) is 14.1. The zero-order chi connectivity index (χ0) is 14.0. The second-order valence-electron chi connectivity index (χ2n) is 6.54. The van der Waals surface area contributed by atoms with Crippen molar-refractivity contribution in [2.75, 3.05) is 6.54 Å². The summed E-state index contributed by atoms with van der Waals surface area (Å²) in [6, 6.07) is 10.1. The van der Waals surface area contributed by atoms with E-state index >= 15 is 0 Å². The van der Waals surface area contributed by atoms with Crippen molar-refractivity contribution in [2.45, 2.75) is 46.3 Å². The van der Waals surface area contributed by atoms with Crippen LogP contribution in [0.25, 0.3) is 0 Å². The van der Waals surface area contributed by atoms with Gasteiger partial charge in [0.2, 0.25) is 5.91 Å².